The number of benzene rings is 2. The van der Waals surface area contributed by atoms with Crippen molar-refractivity contribution in [1.29, 1.82) is 0 Å². The van der Waals surface area contributed by atoms with E-state index in [1.807, 2.05) is 19.1 Å². The van der Waals surface area contributed by atoms with Crippen LogP contribution in [-0.2, 0) is 6.54 Å². The Morgan fingerprint density at radius 2 is 1.52 bits per heavy atom. The van der Waals surface area contributed by atoms with Crippen molar-refractivity contribution in [3.8, 4) is 11.5 Å². The highest BCUT2D eigenvalue weighted by atomic mass is 16.5. The summed E-state index contributed by atoms with van der Waals surface area (Å²) < 4.78 is 10.6. The van der Waals surface area contributed by atoms with Gasteiger partial charge in [0.05, 0.1) is 14.2 Å². The minimum Gasteiger partial charge on any atom is -0.493 e. The molecule has 6 nitrogen and oxygen atoms in total. The molecule has 0 bridgehead atoms. The quantitative estimate of drug-likeness (QED) is 0.874. The van der Waals surface area contributed by atoms with Gasteiger partial charge in [0.25, 0.3) is 5.91 Å². The number of rotatable bonds is 6. The van der Waals surface area contributed by atoms with Crippen LogP contribution in [0.4, 0.5) is 0 Å². The molecule has 0 aliphatic heterocycles. The Hall–Kier alpha value is -3.02. The number of nitrogens with two attached hydrogens (primary N) is 1. The Balaban J connectivity index is 2.19. The molecule has 6 heteroatoms. The summed E-state index contributed by atoms with van der Waals surface area (Å²) >= 11 is 0. The van der Waals surface area contributed by atoms with Gasteiger partial charge in [-0.25, -0.2) is 0 Å². The van der Waals surface area contributed by atoms with E-state index in [9.17, 15) is 9.59 Å². The second-order valence-electron chi connectivity index (χ2n) is 5.74. The van der Waals surface area contributed by atoms with Crippen LogP contribution >= 0.6 is 0 Å². The van der Waals surface area contributed by atoms with Crippen LogP contribution in [0.1, 0.15) is 31.8 Å². The average Bonchev–Trinajstić information content (AvgIpc) is 2.62. The smallest absolute Gasteiger partial charge is 0.253 e. The SMILES string of the molecule is COc1cc(C)c(CN(C)C(=O)c2ccc(C(N)=O)cc2)cc1OC. The molecule has 0 radical (unpaired) electrons. The molecule has 0 aliphatic rings. The summed E-state index contributed by atoms with van der Waals surface area (Å²) in [7, 11) is 4.88. The predicted octanol–water partition coefficient (Wildman–Crippen LogP) is 2.38. The normalized spacial score (nSPS) is 10.2. The fraction of sp³-hybridized carbons (Fsp3) is 0.263. The van der Waals surface area contributed by atoms with Crippen molar-refractivity contribution in [2.75, 3.05) is 21.3 Å². The molecular formula is C19H22N2O4. The molecule has 0 aliphatic carbocycles. The Morgan fingerprint density at radius 1 is 1.00 bits per heavy atom. The molecule has 0 saturated carbocycles. The molecule has 0 aromatic heterocycles. The van der Waals surface area contributed by atoms with E-state index in [4.69, 9.17) is 15.2 Å². The summed E-state index contributed by atoms with van der Waals surface area (Å²) in [4.78, 5) is 25.3. The highest BCUT2D eigenvalue weighted by molar-refractivity contribution is 5.97. The lowest BCUT2D eigenvalue weighted by atomic mass is 10.1. The van der Waals surface area contributed by atoms with Crippen molar-refractivity contribution < 1.29 is 19.1 Å². The van der Waals surface area contributed by atoms with Crippen molar-refractivity contribution in [1.82, 2.24) is 4.90 Å². The molecule has 132 valence electrons. The first kappa shape index (κ1) is 18.3. The number of nitrogens with zero attached hydrogens (tertiary/aromatic N) is 1. The number of amides is 2. The lowest BCUT2D eigenvalue weighted by Crippen LogP contribution is -2.26. The van der Waals surface area contributed by atoms with Gasteiger partial charge in [-0.1, -0.05) is 0 Å². The molecule has 25 heavy (non-hydrogen) atoms. The number of hydrogen-bond acceptors (Lipinski definition) is 4. The third-order valence-corrected chi connectivity index (χ3v) is 4.01. The number of methoxy groups -OCH3 is 2. The number of hydrogen-bond donors (Lipinski definition) is 1. The minimum atomic E-state index is -0.520. The standard InChI is InChI=1S/C19H22N2O4/c1-12-9-16(24-3)17(25-4)10-15(12)11-21(2)19(23)14-7-5-13(6-8-14)18(20)22/h5-10H,11H2,1-4H3,(H2,20,22). The topological polar surface area (TPSA) is 81.9 Å². The molecule has 0 heterocycles. The van der Waals surface area contributed by atoms with Crippen LogP contribution in [0.25, 0.3) is 0 Å². The van der Waals surface area contributed by atoms with E-state index in [1.54, 1.807) is 50.4 Å². The van der Waals surface area contributed by atoms with Gasteiger partial charge in [-0.05, 0) is 54.4 Å². The molecular weight excluding hydrogens is 320 g/mol. The van der Waals surface area contributed by atoms with E-state index in [2.05, 4.69) is 0 Å². The maximum absolute atomic E-state index is 12.6. The Kier molecular flexibility index (Phi) is 5.64. The Bertz CT molecular complexity index is 785. The lowest BCUT2D eigenvalue weighted by Gasteiger charge is -2.20. The van der Waals surface area contributed by atoms with Gasteiger partial charge in [0.15, 0.2) is 11.5 Å². The molecule has 2 amide bonds. The maximum Gasteiger partial charge on any atom is 0.253 e. The molecule has 0 unspecified atom stereocenters. The van der Waals surface area contributed by atoms with Crippen molar-refractivity contribution in [3.05, 3.63) is 58.7 Å². The predicted molar refractivity (Wildman–Crippen MR) is 95.0 cm³/mol. The van der Waals surface area contributed by atoms with E-state index in [-0.39, 0.29) is 5.91 Å². The average molecular weight is 342 g/mol. The minimum absolute atomic E-state index is 0.148. The number of carbonyl (C=O) groups is 2. The second-order valence-corrected chi connectivity index (χ2v) is 5.74. The van der Waals surface area contributed by atoms with Crippen LogP contribution in [0.5, 0.6) is 11.5 Å². The number of ether oxygens (including phenoxy) is 2. The highest BCUT2D eigenvalue weighted by Gasteiger charge is 2.15. The van der Waals surface area contributed by atoms with Crippen LogP contribution in [0.2, 0.25) is 0 Å². The molecule has 0 saturated heterocycles. The molecule has 2 N–H and O–H groups in total. The summed E-state index contributed by atoms with van der Waals surface area (Å²) in [5.41, 5.74) is 8.04. The number of aryl methyl sites for hydroxylation is 1. The Morgan fingerprint density at radius 3 is 2.04 bits per heavy atom. The first-order valence-corrected chi connectivity index (χ1v) is 7.74. The summed E-state index contributed by atoms with van der Waals surface area (Å²) in [6.07, 6.45) is 0. The van der Waals surface area contributed by atoms with Gasteiger partial charge in [0.2, 0.25) is 5.91 Å². The van der Waals surface area contributed by atoms with Crippen molar-refractivity contribution in [2.24, 2.45) is 5.73 Å². The third-order valence-electron chi connectivity index (χ3n) is 4.01. The zero-order valence-electron chi connectivity index (χ0n) is 14.8. The fourth-order valence-corrected chi connectivity index (χ4v) is 2.52. The molecule has 0 atom stereocenters. The van der Waals surface area contributed by atoms with E-state index in [0.717, 1.165) is 11.1 Å². The van der Waals surface area contributed by atoms with Gasteiger partial charge in [-0.2, -0.15) is 0 Å². The fourth-order valence-electron chi connectivity index (χ4n) is 2.52. The van der Waals surface area contributed by atoms with Gasteiger partial charge in [0.1, 0.15) is 0 Å². The van der Waals surface area contributed by atoms with E-state index < -0.39 is 5.91 Å². The second kappa shape index (κ2) is 7.70. The molecule has 2 aromatic carbocycles. The lowest BCUT2D eigenvalue weighted by molar-refractivity contribution is 0.0784. The summed E-state index contributed by atoms with van der Waals surface area (Å²) in [5.74, 6) is 0.605. The molecule has 0 fully saturated rings. The van der Waals surface area contributed by atoms with Gasteiger partial charge in [0, 0.05) is 24.7 Å². The van der Waals surface area contributed by atoms with Crippen LogP contribution in [0.3, 0.4) is 0 Å². The highest BCUT2D eigenvalue weighted by Crippen LogP contribution is 2.30. The zero-order chi connectivity index (χ0) is 18.6. The van der Waals surface area contributed by atoms with Crippen LogP contribution < -0.4 is 15.2 Å². The molecule has 0 spiro atoms. The van der Waals surface area contributed by atoms with E-state index >= 15 is 0 Å². The van der Waals surface area contributed by atoms with E-state index in [1.165, 1.54) is 0 Å². The third kappa shape index (κ3) is 4.09. The van der Waals surface area contributed by atoms with Gasteiger partial charge in [-0.3, -0.25) is 9.59 Å². The largest absolute Gasteiger partial charge is 0.493 e. The van der Waals surface area contributed by atoms with Crippen LogP contribution in [-0.4, -0.2) is 38.0 Å². The maximum atomic E-state index is 12.6. The molecule has 2 aromatic rings. The van der Waals surface area contributed by atoms with Gasteiger partial charge < -0.3 is 20.1 Å². The first-order chi connectivity index (χ1) is 11.9. The van der Waals surface area contributed by atoms with Crippen molar-refractivity contribution >= 4 is 11.8 Å². The summed E-state index contributed by atoms with van der Waals surface area (Å²) in [6, 6.07) is 10.0. The zero-order valence-corrected chi connectivity index (χ0v) is 14.8. The van der Waals surface area contributed by atoms with Crippen LogP contribution in [0, 0.1) is 6.92 Å². The molecule has 2 rings (SSSR count). The summed E-state index contributed by atoms with van der Waals surface area (Å²) in [5, 5.41) is 0. The number of primary amides is 1. The van der Waals surface area contributed by atoms with E-state index in [0.29, 0.717) is 29.2 Å². The summed E-state index contributed by atoms with van der Waals surface area (Å²) in [6.45, 7) is 2.37. The van der Waals surface area contributed by atoms with Crippen molar-refractivity contribution in [2.45, 2.75) is 13.5 Å². The van der Waals surface area contributed by atoms with Crippen LogP contribution in [0.15, 0.2) is 36.4 Å². The monoisotopic (exact) mass is 342 g/mol. The van der Waals surface area contributed by atoms with Gasteiger partial charge >= 0.3 is 0 Å². The van der Waals surface area contributed by atoms with Gasteiger partial charge in [-0.15, -0.1) is 0 Å². The number of carbonyl (C=O) groups excluding carboxylic acids is 2. The van der Waals surface area contributed by atoms with Crippen molar-refractivity contribution in [3.63, 3.8) is 0 Å². The Labute approximate surface area is 147 Å². The first-order valence-electron chi connectivity index (χ1n) is 7.74.